The number of benzene rings is 1. The Balaban J connectivity index is 2.87. The normalized spacial score (nSPS) is 10.4. The first-order chi connectivity index (χ1) is 8.41. The van der Waals surface area contributed by atoms with Gasteiger partial charge in [0.25, 0.3) is 5.69 Å². The van der Waals surface area contributed by atoms with E-state index in [0.717, 1.165) is 12.5 Å². The predicted octanol–water partition coefficient (Wildman–Crippen LogP) is 2.72. The second kappa shape index (κ2) is 6.00. The molecule has 6 nitrogen and oxygen atoms in total. The van der Waals surface area contributed by atoms with Crippen LogP contribution in [0.1, 0.15) is 30.6 Å². The van der Waals surface area contributed by atoms with Gasteiger partial charge in [0.05, 0.1) is 17.6 Å². The average molecular weight is 253 g/mol. The molecule has 0 aliphatic heterocycles. The number of nitro groups is 1. The number of carboxylic acid groups (broad SMARTS) is 1. The minimum Gasteiger partial charge on any atom is -0.493 e. The molecule has 1 N–H and O–H groups in total. The van der Waals surface area contributed by atoms with E-state index in [1.165, 1.54) is 12.1 Å². The number of hydrogen-bond acceptors (Lipinski definition) is 4. The lowest BCUT2D eigenvalue weighted by Crippen LogP contribution is -2.05. The van der Waals surface area contributed by atoms with Crippen molar-refractivity contribution >= 4 is 11.7 Å². The summed E-state index contributed by atoms with van der Waals surface area (Å²) >= 11 is 0. The SMILES string of the molecule is CC(C)CCOc1ccc(C(=O)O)c([N+](=O)[O-])c1. The van der Waals surface area contributed by atoms with Crippen molar-refractivity contribution in [2.45, 2.75) is 20.3 Å². The van der Waals surface area contributed by atoms with Gasteiger partial charge in [-0.1, -0.05) is 13.8 Å². The Hall–Kier alpha value is -2.11. The molecule has 0 aromatic heterocycles. The van der Waals surface area contributed by atoms with Gasteiger partial charge in [-0.15, -0.1) is 0 Å². The maximum Gasteiger partial charge on any atom is 0.342 e. The van der Waals surface area contributed by atoms with Gasteiger partial charge in [-0.3, -0.25) is 10.1 Å². The topological polar surface area (TPSA) is 89.7 Å². The number of carbonyl (C=O) groups is 1. The summed E-state index contributed by atoms with van der Waals surface area (Å²) in [5.41, 5.74) is -0.791. The molecule has 6 heteroatoms. The van der Waals surface area contributed by atoms with Crippen molar-refractivity contribution < 1.29 is 19.6 Å². The Morgan fingerprint density at radius 1 is 1.50 bits per heavy atom. The van der Waals surface area contributed by atoms with Crippen molar-refractivity contribution in [3.05, 3.63) is 33.9 Å². The average Bonchev–Trinajstić information content (AvgIpc) is 2.28. The molecule has 0 atom stereocenters. The maximum atomic E-state index is 10.8. The zero-order chi connectivity index (χ0) is 13.7. The van der Waals surface area contributed by atoms with Crippen LogP contribution in [0.15, 0.2) is 18.2 Å². The number of carboxylic acids is 1. The molecule has 0 unspecified atom stereocenters. The summed E-state index contributed by atoms with van der Waals surface area (Å²) in [6.45, 7) is 4.53. The molecule has 0 saturated heterocycles. The van der Waals surface area contributed by atoms with Crippen LogP contribution in [0.25, 0.3) is 0 Å². The Labute approximate surface area is 104 Å². The lowest BCUT2D eigenvalue weighted by Gasteiger charge is -2.08. The molecule has 0 saturated carbocycles. The van der Waals surface area contributed by atoms with E-state index in [9.17, 15) is 14.9 Å². The molecular formula is C12H15NO5. The summed E-state index contributed by atoms with van der Waals surface area (Å²) in [7, 11) is 0. The first kappa shape index (κ1) is 14.0. The van der Waals surface area contributed by atoms with Crippen molar-refractivity contribution in [3.8, 4) is 5.75 Å². The highest BCUT2D eigenvalue weighted by Gasteiger charge is 2.20. The Kier molecular flexibility index (Phi) is 4.65. The predicted molar refractivity (Wildman–Crippen MR) is 65.0 cm³/mol. The number of ether oxygens (including phenoxy) is 1. The number of rotatable bonds is 6. The molecule has 1 rings (SSSR count). The van der Waals surface area contributed by atoms with Crippen LogP contribution >= 0.6 is 0 Å². The smallest absolute Gasteiger partial charge is 0.342 e. The monoisotopic (exact) mass is 253 g/mol. The molecule has 0 aliphatic rings. The fraction of sp³-hybridized carbons (Fsp3) is 0.417. The number of aromatic carboxylic acids is 1. The summed E-state index contributed by atoms with van der Waals surface area (Å²) in [6.07, 6.45) is 0.828. The molecule has 0 heterocycles. The lowest BCUT2D eigenvalue weighted by atomic mass is 10.1. The minimum atomic E-state index is -1.32. The zero-order valence-electron chi connectivity index (χ0n) is 10.3. The molecule has 98 valence electrons. The first-order valence-corrected chi connectivity index (χ1v) is 5.56. The zero-order valence-corrected chi connectivity index (χ0v) is 10.3. The summed E-state index contributed by atoms with van der Waals surface area (Å²) in [4.78, 5) is 20.8. The molecule has 0 amide bonds. The minimum absolute atomic E-state index is 0.312. The van der Waals surface area contributed by atoms with Gasteiger partial charge in [-0.2, -0.15) is 0 Å². The Bertz CT molecular complexity index is 456. The fourth-order valence-corrected chi connectivity index (χ4v) is 1.35. The van der Waals surface area contributed by atoms with Gasteiger partial charge in [0.15, 0.2) is 0 Å². The van der Waals surface area contributed by atoms with Crippen molar-refractivity contribution in [3.63, 3.8) is 0 Å². The van der Waals surface area contributed by atoms with Gasteiger partial charge in [-0.05, 0) is 24.5 Å². The van der Waals surface area contributed by atoms with Crippen LogP contribution in [0.2, 0.25) is 0 Å². The second-order valence-electron chi connectivity index (χ2n) is 4.27. The third-order valence-corrected chi connectivity index (χ3v) is 2.36. The highest BCUT2D eigenvalue weighted by molar-refractivity contribution is 5.92. The summed E-state index contributed by atoms with van der Waals surface area (Å²) in [5, 5.41) is 19.6. The Morgan fingerprint density at radius 2 is 2.17 bits per heavy atom. The van der Waals surface area contributed by atoms with E-state index < -0.39 is 16.6 Å². The molecule has 0 spiro atoms. The second-order valence-corrected chi connectivity index (χ2v) is 4.27. The van der Waals surface area contributed by atoms with E-state index in [4.69, 9.17) is 9.84 Å². The van der Waals surface area contributed by atoms with Gasteiger partial charge in [0.1, 0.15) is 11.3 Å². The maximum absolute atomic E-state index is 10.8. The molecule has 1 aromatic rings. The van der Waals surface area contributed by atoms with Crippen LogP contribution in [-0.2, 0) is 0 Å². The van der Waals surface area contributed by atoms with E-state index in [1.807, 2.05) is 13.8 Å². The van der Waals surface area contributed by atoms with Crippen LogP contribution in [-0.4, -0.2) is 22.6 Å². The van der Waals surface area contributed by atoms with Crippen molar-refractivity contribution in [1.82, 2.24) is 0 Å². The van der Waals surface area contributed by atoms with Gasteiger partial charge < -0.3 is 9.84 Å². The number of nitro benzene ring substituents is 1. The Morgan fingerprint density at radius 3 is 2.67 bits per heavy atom. The van der Waals surface area contributed by atoms with Crippen LogP contribution in [0, 0.1) is 16.0 Å². The number of hydrogen-bond donors (Lipinski definition) is 1. The van der Waals surface area contributed by atoms with Crippen molar-refractivity contribution in [2.24, 2.45) is 5.92 Å². The summed E-state index contributed by atoms with van der Waals surface area (Å²) in [5.74, 6) is -0.541. The van der Waals surface area contributed by atoms with Gasteiger partial charge in [0.2, 0.25) is 0 Å². The van der Waals surface area contributed by atoms with E-state index in [1.54, 1.807) is 0 Å². The first-order valence-electron chi connectivity index (χ1n) is 5.56. The summed E-state index contributed by atoms with van der Waals surface area (Å²) in [6, 6.07) is 3.76. The molecule has 0 aliphatic carbocycles. The highest BCUT2D eigenvalue weighted by Crippen LogP contribution is 2.25. The third-order valence-electron chi connectivity index (χ3n) is 2.36. The molecule has 0 bridgehead atoms. The molecule has 18 heavy (non-hydrogen) atoms. The molecular weight excluding hydrogens is 238 g/mol. The highest BCUT2D eigenvalue weighted by atomic mass is 16.6. The molecule has 1 aromatic carbocycles. The number of nitrogens with zero attached hydrogens (tertiary/aromatic N) is 1. The molecule has 0 radical (unpaired) electrons. The summed E-state index contributed by atoms with van der Waals surface area (Å²) < 4.78 is 5.35. The van der Waals surface area contributed by atoms with Gasteiger partial charge in [-0.25, -0.2) is 4.79 Å². The quantitative estimate of drug-likeness (QED) is 0.621. The van der Waals surface area contributed by atoms with Gasteiger partial charge in [0, 0.05) is 0 Å². The van der Waals surface area contributed by atoms with Crippen molar-refractivity contribution in [1.29, 1.82) is 0 Å². The van der Waals surface area contributed by atoms with Crippen LogP contribution in [0.5, 0.6) is 5.75 Å². The lowest BCUT2D eigenvalue weighted by molar-refractivity contribution is -0.385. The van der Waals surface area contributed by atoms with E-state index in [-0.39, 0.29) is 5.56 Å². The van der Waals surface area contributed by atoms with E-state index >= 15 is 0 Å². The third kappa shape index (κ3) is 3.73. The van der Waals surface area contributed by atoms with E-state index in [2.05, 4.69) is 0 Å². The van der Waals surface area contributed by atoms with E-state index in [0.29, 0.717) is 18.3 Å². The van der Waals surface area contributed by atoms with Crippen LogP contribution < -0.4 is 4.74 Å². The largest absolute Gasteiger partial charge is 0.493 e. The molecule has 0 fully saturated rings. The standard InChI is InChI=1S/C12H15NO5/c1-8(2)5-6-18-9-3-4-10(12(14)15)11(7-9)13(16)17/h3-4,7-8H,5-6H2,1-2H3,(H,14,15). The van der Waals surface area contributed by atoms with Crippen LogP contribution in [0.4, 0.5) is 5.69 Å². The van der Waals surface area contributed by atoms with Crippen molar-refractivity contribution in [2.75, 3.05) is 6.61 Å². The fourth-order valence-electron chi connectivity index (χ4n) is 1.35. The van der Waals surface area contributed by atoms with Gasteiger partial charge >= 0.3 is 5.97 Å². The van der Waals surface area contributed by atoms with Crippen LogP contribution in [0.3, 0.4) is 0 Å².